The van der Waals surface area contributed by atoms with Crippen LogP contribution >= 0.6 is 23.1 Å². The van der Waals surface area contributed by atoms with Crippen LogP contribution in [0.15, 0.2) is 59.5 Å². The number of esters is 1. The molecule has 1 heterocycles. The van der Waals surface area contributed by atoms with Crippen molar-refractivity contribution in [2.24, 2.45) is 0 Å². The van der Waals surface area contributed by atoms with E-state index in [1.54, 1.807) is 16.7 Å². The van der Waals surface area contributed by atoms with E-state index in [9.17, 15) is 9.59 Å². The minimum atomic E-state index is -0.368. The van der Waals surface area contributed by atoms with E-state index in [-0.39, 0.29) is 24.9 Å². The highest BCUT2D eigenvalue weighted by atomic mass is 32.2. The maximum atomic E-state index is 12.5. The quantitative estimate of drug-likeness (QED) is 0.415. The third-order valence-electron chi connectivity index (χ3n) is 3.81. The fraction of sp³-hybridized carbons (Fsp3) is 0.250. The molecule has 0 aliphatic carbocycles. The summed E-state index contributed by atoms with van der Waals surface area (Å²) in [5.74, 6) is -0.0143. The zero-order valence-electron chi connectivity index (χ0n) is 15.0. The van der Waals surface area contributed by atoms with Crippen LogP contribution in [0, 0.1) is 0 Å². The molecule has 7 heteroatoms. The predicted octanol–water partition coefficient (Wildman–Crippen LogP) is 4.37. The molecule has 1 aromatic heterocycles. The van der Waals surface area contributed by atoms with E-state index in [2.05, 4.69) is 4.98 Å². The minimum absolute atomic E-state index is 0.263. The number of benzene rings is 2. The van der Waals surface area contributed by atoms with Crippen LogP contribution in [0.2, 0.25) is 0 Å². The highest BCUT2D eigenvalue weighted by molar-refractivity contribution is 7.99. The number of para-hydroxylation sites is 1. The van der Waals surface area contributed by atoms with Crippen LogP contribution < -0.4 is 4.90 Å². The molecular weight excluding hydrogens is 380 g/mol. The highest BCUT2D eigenvalue weighted by Gasteiger charge is 2.19. The summed E-state index contributed by atoms with van der Waals surface area (Å²) in [5, 5.41) is 0.624. The van der Waals surface area contributed by atoms with Gasteiger partial charge in [0.1, 0.15) is 0 Å². The van der Waals surface area contributed by atoms with Gasteiger partial charge in [-0.2, -0.15) is 0 Å². The van der Waals surface area contributed by atoms with Crippen LogP contribution in [0.5, 0.6) is 0 Å². The largest absolute Gasteiger partial charge is 0.456 e. The van der Waals surface area contributed by atoms with Crippen molar-refractivity contribution in [1.82, 2.24) is 4.98 Å². The molecule has 0 saturated carbocycles. The maximum Gasteiger partial charge on any atom is 0.307 e. The summed E-state index contributed by atoms with van der Waals surface area (Å²) >= 11 is 3.04. The van der Waals surface area contributed by atoms with Gasteiger partial charge in [0.05, 0.1) is 16.6 Å². The number of rotatable bonds is 8. The number of anilines is 1. The first-order valence-electron chi connectivity index (χ1n) is 8.66. The van der Waals surface area contributed by atoms with E-state index in [0.29, 0.717) is 17.4 Å². The smallest absolute Gasteiger partial charge is 0.307 e. The SMILES string of the molecule is CCN(C(=O)COC(=O)CCSc1ccccc1)c1nc2ccccc2s1. The molecule has 1 amide bonds. The van der Waals surface area contributed by atoms with E-state index >= 15 is 0 Å². The van der Waals surface area contributed by atoms with Crippen LogP contribution in [0.25, 0.3) is 10.2 Å². The van der Waals surface area contributed by atoms with Crippen LogP contribution in [0.3, 0.4) is 0 Å². The van der Waals surface area contributed by atoms with Crippen molar-refractivity contribution >= 4 is 50.3 Å². The lowest BCUT2D eigenvalue weighted by atomic mass is 10.3. The topological polar surface area (TPSA) is 59.5 Å². The first kappa shape index (κ1) is 19.4. The van der Waals surface area contributed by atoms with Gasteiger partial charge in [0.25, 0.3) is 5.91 Å². The van der Waals surface area contributed by atoms with E-state index < -0.39 is 0 Å². The zero-order chi connectivity index (χ0) is 19.1. The lowest BCUT2D eigenvalue weighted by molar-refractivity contribution is -0.147. The highest BCUT2D eigenvalue weighted by Crippen LogP contribution is 2.28. The van der Waals surface area contributed by atoms with Crippen LogP contribution in [0.4, 0.5) is 5.13 Å². The van der Waals surface area contributed by atoms with E-state index in [1.807, 2.05) is 61.5 Å². The van der Waals surface area contributed by atoms with Gasteiger partial charge in [-0.3, -0.25) is 14.5 Å². The van der Waals surface area contributed by atoms with Gasteiger partial charge in [-0.25, -0.2) is 4.98 Å². The Kier molecular flexibility index (Phi) is 6.84. The third kappa shape index (κ3) is 5.30. The van der Waals surface area contributed by atoms with Crippen molar-refractivity contribution in [2.45, 2.75) is 18.2 Å². The molecule has 2 aromatic carbocycles. The average Bonchev–Trinajstić information content (AvgIpc) is 3.11. The number of carbonyl (C=O) groups is 2. The molecule has 5 nitrogen and oxygen atoms in total. The van der Waals surface area contributed by atoms with Crippen molar-refractivity contribution in [1.29, 1.82) is 0 Å². The second kappa shape index (κ2) is 9.53. The molecule has 140 valence electrons. The number of hydrogen-bond acceptors (Lipinski definition) is 6. The molecule has 0 bridgehead atoms. The molecule has 0 unspecified atom stereocenters. The lowest BCUT2D eigenvalue weighted by Gasteiger charge is -2.17. The van der Waals surface area contributed by atoms with Gasteiger partial charge in [0.15, 0.2) is 11.7 Å². The Morgan fingerprint density at radius 1 is 1.11 bits per heavy atom. The van der Waals surface area contributed by atoms with Gasteiger partial charge in [0.2, 0.25) is 0 Å². The van der Waals surface area contributed by atoms with Gasteiger partial charge >= 0.3 is 5.97 Å². The molecule has 0 aliphatic rings. The van der Waals surface area contributed by atoms with E-state index in [1.165, 1.54) is 11.3 Å². The normalized spacial score (nSPS) is 10.7. The third-order valence-corrected chi connectivity index (χ3v) is 5.88. The summed E-state index contributed by atoms with van der Waals surface area (Å²) in [6, 6.07) is 17.6. The molecule has 3 rings (SSSR count). The lowest BCUT2D eigenvalue weighted by Crippen LogP contribution is -2.34. The maximum absolute atomic E-state index is 12.5. The van der Waals surface area contributed by atoms with Crippen molar-refractivity contribution in [3.8, 4) is 0 Å². The van der Waals surface area contributed by atoms with Crippen molar-refractivity contribution in [3.63, 3.8) is 0 Å². The Bertz CT molecular complexity index is 879. The predicted molar refractivity (Wildman–Crippen MR) is 110 cm³/mol. The standard InChI is InChI=1S/C20H20N2O3S2/c1-2-22(20-21-16-10-6-7-11-17(16)27-20)18(23)14-25-19(24)12-13-26-15-8-4-3-5-9-15/h3-11H,2,12-14H2,1H3. The summed E-state index contributed by atoms with van der Waals surface area (Å²) in [7, 11) is 0. The van der Waals surface area contributed by atoms with Gasteiger partial charge in [-0.05, 0) is 31.2 Å². The first-order valence-corrected chi connectivity index (χ1v) is 10.5. The summed E-state index contributed by atoms with van der Waals surface area (Å²) in [4.78, 5) is 31.5. The number of nitrogens with zero attached hydrogens (tertiary/aromatic N) is 2. The van der Waals surface area contributed by atoms with Crippen LogP contribution in [-0.2, 0) is 14.3 Å². The summed E-state index contributed by atoms with van der Waals surface area (Å²) in [6.45, 7) is 2.08. The molecule has 0 fully saturated rings. The average molecular weight is 401 g/mol. The van der Waals surface area contributed by atoms with E-state index in [0.717, 1.165) is 15.1 Å². The Labute approximate surface area is 166 Å². The minimum Gasteiger partial charge on any atom is -0.456 e. The Balaban J connectivity index is 1.48. The molecular formula is C20H20N2O3S2. The summed E-state index contributed by atoms with van der Waals surface area (Å²) < 4.78 is 6.18. The van der Waals surface area contributed by atoms with Crippen molar-refractivity contribution in [2.75, 3.05) is 23.8 Å². The van der Waals surface area contributed by atoms with E-state index in [4.69, 9.17) is 4.74 Å². The number of fused-ring (bicyclic) bond motifs is 1. The fourth-order valence-electron chi connectivity index (χ4n) is 2.46. The monoisotopic (exact) mass is 400 g/mol. The molecule has 3 aromatic rings. The molecule has 0 spiro atoms. The number of carbonyl (C=O) groups excluding carboxylic acids is 2. The van der Waals surface area contributed by atoms with Gasteiger partial charge in [-0.1, -0.05) is 41.7 Å². The second-order valence-corrected chi connectivity index (χ2v) is 7.85. The number of amides is 1. The number of thioether (sulfide) groups is 1. The second-order valence-electron chi connectivity index (χ2n) is 5.67. The zero-order valence-corrected chi connectivity index (χ0v) is 16.6. The number of aromatic nitrogens is 1. The Morgan fingerprint density at radius 3 is 2.59 bits per heavy atom. The Morgan fingerprint density at radius 2 is 1.85 bits per heavy atom. The number of thiazole rings is 1. The molecule has 0 aliphatic heterocycles. The molecule has 0 radical (unpaired) electrons. The van der Waals surface area contributed by atoms with Gasteiger partial charge in [0, 0.05) is 17.2 Å². The number of hydrogen-bond donors (Lipinski definition) is 0. The fourth-order valence-corrected chi connectivity index (χ4v) is 4.36. The number of likely N-dealkylation sites (N-methyl/N-ethyl adjacent to an activating group) is 1. The first-order chi connectivity index (χ1) is 13.2. The van der Waals surface area contributed by atoms with Gasteiger partial charge in [-0.15, -0.1) is 11.8 Å². The molecule has 0 atom stereocenters. The Hall–Kier alpha value is -2.38. The molecule has 27 heavy (non-hydrogen) atoms. The molecule has 0 N–H and O–H groups in total. The van der Waals surface area contributed by atoms with Crippen LogP contribution in [0.1, 0.15) is 13.3 Å². The summed E-state index contributed by atoms with van der Waals surface area (Å²) in [5.41, 5.74) is 0.860. The van der Waals surface area contributed by atoms with Crippen LogP contribution in [-0.4, -0.2) is 35.8 Å². The number of ether oxygens (including phenoxy) is 1. The van der Waals surface area contributed by atoms with Crippen molar-refractivity contribution in [3.05, 3.63) is 54.6 Å². The molecule has 0 saturated heterocycles. The van der Waals surface area contributed by atoms with Crippen molar-refractivity contribution < 1.29 is 14.3 Å². The summed E-state index contributed by atoms with van der Waals surface area (Å²) in [6.07, 6.45) is 0.264. The van der Waals surface area contributed by atoms with Gasteiger partial charge < -0.3 is 4.74 Å².